The molecule has 0 spiro atoms. The maximum atomic E-state index is 4.32. The van der Waals surface area contributed by atoms with E-state index in [4.69, 9.17) is 0 Å². The third kappa shape index (κ3) is 4.43. The van der Waals surface area contributed by atoms with Gasteiger partial charge >= 0.3 is 0 Å². The fraction of sp³-hybridized carbons (Fsp3) is 0.364. The molecule has 0 aliphatic carbocycles. The van der Waals surface area contributed by atoms with Gasteiger partial charge in [-0.1, -0.05) is 30.3 Å². The lowest BCUT2D eigenvalue weighted by atomic mass is 10.2. The Balaban J connectivity index is 2.31. The summed E-state index contributed by atoms with van der Waals surface area (Å²) in [6.07, 6.45) is 1.95. The normalized spacial score (nSPS) is 11.3. The van der Waals surface area contributed by atoms with E-state index in [2.05, 4.69) is 22.0 Å². The second-order valence-electron chi connectivity index (χ2n) is 3.27. The molecule has 2 heteroatoms. The average molecular weight is 176 g/mol. The van der Waals surface area contributed by atoms with Gasteiger partial charge in [0.2, 0.25) is 0 Å². The molecule has 2 nitrogen and oxygen atoms in total. The van der Waals surface area contributed by atoms with Crippen molar-refractivity contribution in [3.63, 3.8) is 0 Å². The number of hydrogen-bond donors (Lipinski definition) is 0. The van der Waals surface area contributed by atoms with Crippen LogP contribution in [0.3, 0.4) is 0 Å². The van der Waals surface area contributed by atoms with E-state index in [-0.39, 0.29) is 0 Å². The molecule has 1 aromatic rings. The molecule has 0 unspecified atom stereocenters. The van der Waals surface area contributed by atoms with Crippen molar-refractivity contribution in [2.45, 2.75) is 6.54 Å². The summed E-state index contributed by atoms with van der Waals surface area (Å²) in [5, 5.41) is 0. The second kappa shape index (κ2) is 5.49. The SMILES string of the molecule is CN(C)CC=NCc1ccccc1. The van der Waals surface area contributed by atoms with Crippen molar-refractivity contribution in [2.75, 3.05) is 20.6 Å². The van der Waals surface area contributed by atoms with Gasteiger partial charge in [0.25, 0.3) is 0 Å². The number of benzene rings is 1. The van der Waals surface area contributed by atoms with Gasteiger partial charge in [0, 0.05) is 12.8 Å². The summed E-state index contributed by atoms with van der Waals surface area (Å²) in [6.45, 7) is 1.70. The van der Waals surface area contributed by atoms with Crippen molar-refractivity contribution in [2.24, 2.45) is 4.99 Å². The van der Waals surface area contributed by atoms with Gasteiger partial charge in [-0.15, -0.1) is 0 Å². The smallest absolute Gasteiger partial charge is 0.0636 e. The maximum absolute atomic E-state index is 4.32. The van der Waals surface area contributed by atoms with Crippen molar-refractivity contribution in [1.82, 2.24) is 4.90 Å². The zero-order chi connectivity index (χ0) is 9.52. The molecule has 70 valence electrons. The largest absolute Gasteiger partial charge is 0.304 e. The fourth-order valence-corrected chi connectivity index (χ4v) is 0.974. The van der Waals surface area contributed by atoms with Crippen molar-refractivity contribution in [3.8, 4) is 0 Å². The third-order valence-corrected chi connectivity index (χ3v) is 1.69. The first-order valence-electron chi connectivity index (χ1n) is 4.46. The van der Waals surface area contributed by atoms with Gasteiger partial charge in [-0.25, -0.2) is 0 Å². The van der Waals surface area contributed by atoms with Crippen LogP contribution < -0.4 is 0 Å². The number of rotatable bonds is 4. The molecule has 0 fully saturated rings. The van der Waals surface area contributed by atoms with E-state index in [0.717, 1.165) is 13.1 Å². The minimum atomic E-state index is 0.786. The topological polar surface area (TPSA) is 15.6 Å². The van der Waals surface area contributed by atoms with Gasteiger partial charge in [0.1, 0.15) is 0 Å². The van der Waals surface area contributed by atoms with Crippen LogP contribution in [0.25, 0.3) is 0 Å². The Labute approximate surface area is 79.9 Å². The summed E-state index contributed by atoms with van der Waals surface area (Å²) in [4.78, 5) is 6.41. The highest BCUT2D eigenvalue weighted by molar-refractivity contribution is 5.59. The quantitative estimate of drug-likeness (QED) is 0.639. The molecule has 0 bridgehead atoms. The lowest BCUT2D eigenvalue weighted by Gasteiger charge is -2.02. The summed E-state index contributed by atoms with van der Waals surface area (Å²) >= 11 is 0. The fourth-order valence-electron chi connectivity index (χ4n) is 0.974. The van der Waals surface area contributed by atoms with Crippen LogP contribution in [0.4, 0.5) is 0 Å². The highest BCUT2D eigenvalue weighted by Crippen LogP contribution is 1.98. The van der Waals surface area contributed by atoms with Gasteiger partial charge in [-0.3, -0.25) is 4.99 Å². The van der Waals surface area contributed by atoms with E-state index in [0.29, 0.717) is 0 Å². The van der Waals surface area contributed by atoms with Crippen LogP contribution in [-0.2, 0) is 6.54 Å². The summed E-state index contributed by atoms with van der Waals surface area (Å²) < 4.78 is 0. The monoisotopic (exact) mass is 176 g/mol. The molecular formula is C11H16N2. The Hall–Kier alpha value is -1.15. The highest BCUT2D eigenvalue weighted by atomic mass is 15.1. The first kappa shape index (κ1) is 9.93. The molecule has 0 N–H and O–H groups in total. The number of nitrogens with zero attached hydrogens (tertiary/aromatic N) is 2. The average Bonchev–Trinajstić information content (AvgIpc) is 2.14. The summed E-state index contributed by atoms with van der Waals surface area (Å²) in [5.74, 6) is 0. The molecule has 0 aromatic heterocycles. The molecule has 0 saturated carbocycles. The van der Waals surface area contributed by atoms with Crippen LogP contribution in [-0.4, -0.2) is 31.8 Å². The van der Waals surface area contributed by atoms with Crippen molar-refractivity contribution < 1.29 is 0 Å². The summed E-state index contributed by atoms with van der Waals surface area (Å²) in [6, 6.07) is 10.3. The summed E-state index contributed by atoms with van der Waals surface area (Å²) in [7, 11) is 4.07. The first-order chi connectivity index (χ1) is 6.29. The molecular weight excluding hydrogens is 160 g/mol. The Morgan fingerprint density at radius 3 is 2.54 bits per heavy atom. The summed E-state index contributed by atoms with van der Waals surface area (Å²) in [5.41, 5.74) is 1.26. The zero-order valence-electron chi connectivity index (χ0n) is 8.27. The number of hydrogen-bond acceptors (Lipinski definition) is 2. The minimum absolute atomic E-state index is 0.786. The van der Waals surface area contributed by atoms with Crippen LogP contribution in [0, 0.1) is 0 Å². The van der Waals surface area contributed by atoms with Gasteiger partial charge in [0.05, 0.1) is 6.54 Å². The highest BCUT2D eigenvalue weighted by Gasteiger charge is 1.86. The zero-order valence-corrected chi connectivity index (χ0v) is 8.27. The van der Waals surface area contributed by atoms with E-state index in [9.17, 15) is 0 Å². The maximum Gasteiger partial charge on any atom is 0.0636 e. The second-order valence-corrected chi connectivity index (χ2v) is 3.27. The Bertz CT molecular complexity index is 252. The Morgan fingerprint density at radius 1 is 1.23 bits per heavy atom. The van der Waals surface area contributed by atoms with Gasteiger partial charge in [-0.2, -0.15) is 0 Å². The Morgan fingerprint density at radius 2 is 1.92 bits per heavy atom. The van der Waals surface area contributed by atoms with E-state index in [1.54, 1.807) is 0 Å². The predicted molar refractivity (Wildman–Crippen MR) is 57.2 cm³/mol. The molecule has 1 aromatic carbocycles. The van der Waals surface area contributed by atoms with Crippen LogP contribution in [0.5, 0.6) is 0 Å². The minimum Gasteiger partial charge on any atom is -0.304 e. The molecule has 0 aliphatic rings. The molecule has 13 heavy (non-hydrogen) atoms. The van der Waals surface area contributed by atoms with E-state index in [1.807, 2.05) is 38.5 Å². The molecule has 0 atom stereocenters. The van der Waals surface area contributed by atoms with E-state index >= 15 is 0 Å². The predicted octanol–water partition coefficient (Wildman–Crippen LogP) is 1.82. The van der Waals surface area contributed by atoms with E-state index < -0.39 is 0 Å². The van der Waals surface area contributed by atoms with E-state index in [1.165, 1.54) is 5.56 Å². The lowest BCUT2D eigenvalue weighted by Crippen LogP contribution is -2.13. The first-order valence-corrected chi connectivity index (χ1v) is 4.46. The number of aliphatic imine (C=N–C) groups is 1. The Kier molecular flexibility index (Phi) is 4.19. The van der Waals surface area contributed by atoms with Gasteiger partial charge in [0.15, 0.2) is 0 Å². The standard InChI is InChI=1S/C11H16N2/c1-13(2)9-8-12-10-11-6-4-3-5-7-11/h3-8H,9-10H2,1-2H3. The molecule has 0 amide bonds. The van der Waals surface area contributed by atoms with Crippen LogP contribution in [0.2, 0.25) is 0 Å². The third-order valence-electron chi connectivity index (χ3n) is 1.69. The van der Waals surface area contributed by atoms with Gasteiger partial charge in [-0.05, 0) is 19.7 Å². The molecule has 0 radical (unpaired) electrons. The van der Waals surface area contributed by atoms with Crippen LogP contribution in [0.1, 0.15) is 5.56 Å². The van der Waals surface area contributed by atoms with Crippen molar-refractivity contribution in [1.29, 1.82) is 0 Å². The molecule has 1 rings (SSSR count). The van der Waals surface area contributed by atoms with Crippen molar-refractivity contribution >= 4 is 6.21 Å². The molecule has 0 aliphatic heterocycles. The molecule has 0 heterocycles. The van der Waals surface area contributed by atoms with Crippen LogP contribution >= 0.6 is 0 Å². The van der Waals surface area contributed by atoms with Crippen molar-refractivity contribution in [3.05, 3.63) is 35.9 Å². The lowest BCUT2D eigenvalue weighted by molar-refractivity contribution is 0.473. The molecule has 0 saturated heterocycles. The van der Waals surface area contributed by atoms with Crippen LogP contribution in [0.15, 0.2) is 35.3 Å². The van der Waals surface area contributed by atoms with Gasteiger partial charge < -0.3 is 4.90 Å².